The van der Waals surface area contributed by atoms with Gasteiger partial charge in [0.25, 0.3) is 5.56 Å². The number of hydrogen-bond acceptors (Lipinski definition) is 5. The van der Waals surface area contributed by atoms with Gasteiger partial charge in [0.05, 0.1) is 24.1 Å². The first kappa shape index (κ1) is 18.7. The highest BCUT2D eigenvalue weighted by Crippen LogP contribution is 2.21. The van der Waals surface area contributed by atoms with Crippen molar-refractivity contribution in [3.8, 4) is 0 Å². The molecule has 136 valence electrons. The Bertz CT molecular complexity index is 775. The van der Waals surface area contributed by atoms with Crippen LogP contribution in [0.5, 0.6) is 0 Å². The van der Waals surface area contributed by atoms with E-state index in [2.05, 4.69) is 4.90 Å². The summed E-state index contributed by atoms with van der Waals surface area (Å²) in [5.74, 6) is 0.922. The molecule has 0 bridgehead atoms. The molecule has 25 heavy (non-hydrogen) atoms. The van der Waals surface area contributed by atoms with Gasteiger partial charge in [0, 0.05) is 24.4 Å². The van der Waals surface area contributed by atoms with Gasteiger partial charge in [-0.2, -0.15) is 0 Å². The molecule has 1 aromatic heterocycles. The summed E-state index contributed by atoms with van der Waals surface area (Å²) in [5, 5.41) is 1.94. The second-order valence-electron chi connectivity index (χ2n) is 6.26. The van der Waals surface area contributed by atoms with Crippen molar-refractivity contribution >= 4 is 34.3 Å². The number of benzene rings is 1. The highest BCUT2D eigenvalue weighted by molar-refractivity contribution is 7.99. The lowest BCUT2D eigenvalue weighted by molar-refractivity contribution is 0.183. The first-order chi connectivity index (χ1) is 12.2. The molecule has 2 aromatic rings. The number of thioether (sulfide) groups is 1. The smallest absolute Gasteiger partial charge is 0.262 e. The number of piperidine rings is 1. The summed E-state index contributed by atoms with van der Waals surface area (Å²) in [5.41, 5.74) is 0.630. The van der Waals surface area contributed by atoms with Gasteiger partial charge in [0.2, 0.25) is 0 Å². The number of hydrogen-bond donors (Lipinski definition) is 0. The molecule has 1 fully saturated rings. The average Bonchev–Trinajstić information content (AvgIpc) is 2.62. The minimum absolute atomic E-state index is 0.0285. The normalized spacial score (nSPS) is 15.8. The van der Waals surface area contributed by atoms with Crippen LogP contribution in [0.2, 0.25) is 5.02 Å². The summed E-state index contributed by atoms with van der Waals surface area (Å²) in [4.78, 5) is 20.0. The Hall–Kier alpha value is -1.08. The fourth-order valence-corrected chi connectivity index (χ4v) is 4.30. The van der Waals surface area contributed by atoms with Crippen LogP contribution in [0.25, 0.3) is 10.9 Å². The molecule has 1 aliphatic rings. The Labute approximate surface area is 157 Å². The largest absolute Gasteiger partial charge is 0.383 e. The van der Waals surface area contributed by atoms with Gasteiger partial charge < -0.3 is 9.64 Å². The Morgan fingerprint density at radius 2 is 2.04 bits per heavy atom. The van der Waals surface area contributed by atoms with Crippen molar-refractivity contribution in [2.24, 2.45) is 0 Å². The van der Waals surface area contributed by atoms with Gasteiger partial charge in [-0.1, -0.05) is 29.8 Å². The molecular weight excluding hydrogens is 358 g/mol. The predicted molar refractivity (Wildman–Crippen MR) is 104 cm³/mol. The van der Waals surface area contributed by atoms with Gasteiger partial charge in [0.1, 0.15) is 0 Å². The van der Waals surface area contributed by atoms with E-state index < -0.39 is 0 Å². The number of nitrogens with zero attached hydrogens (tertiary/aromatic N) is 3. The van der Waals surface area contributed by atoms with Gasteiger partial charge in [-0.15, -0.1) is 0 Å². The summed E-state index contributed by atoms with van der Waals surface area (Å²) in [6, 6.07) is 5.24. The minimum atomic E-state index is -0.0285. The van der Waals surface area contributed by atoms with Crippen LogP contribution in [0.15, 0.2) is 28.2 Å². The van der Waals surface area contributed by atoms with Crippen molar-refractivity contribution in [3.63, 3.8) is 0 Å². The Balaban J connectivity index is 1.81. The van der Waals surface area contributed by atoms with E-state index in [4.69, 9.17) is 21.3 Å². The lowest BCUT2D eigenvalue weighted by atomic mass is 10.1. The summed E-state index contributed by atoms with van der Waals surface area (Å²) < 4.78 is 6.88. The number of fused-ring (bicyclic) bond motifs is 1. The van der Waals surface area contributed by atoms with Crippen LogP contribution in [0, 0.1) is 0 Å². The molecule has 5 nitrogen and oxygen atoms in total. The zero-order valence-corrected chi connectivity index (χ0v) is 16.1. The molecule has 1 aromatic carbocycles. The van der Waals surface area contributed by atoms with Crippen molar-refractivity contribution in [1.82, 2.24) is 14.5 Å². The van der Waals surface area contributed by atoms with Gasteiger partial charge in [-0.3, -0.25) is 9.36 Å². The number of rotatable bonds is 7. The summed E-state index contributed by atoms with van der Waals surface area (Å²) >= 11 is 7.71. The number of ether oxygens (including phenoxy) is 1. The molecule has 0 aliphatic carbocycles. The van der Waals surface area contributed by atoms with Gasteiger partial charge in [-0.25, -0.2) is 4.98 Å². The molecule has 7 heteroatoms. The van der Waals surface area contributed by atoms with Crippen LogP contribution in [0.3, 0.4) is 0 Å². The van der Waals surface area contributed by atoms with E-state index in [9.17, 15) is 4.79 Å². The fourth-order valence-electron chi connectivity index (χ4n) is 3.11. The van der Waals surface area contributed by atoms with Crippen LogP contribution in [-0.4, -0.2) is 53.6 Å². The molecule has 1 aliphatic heterocycles. The molecule has 0 N–H and O–H groups in total. The van der Waals surface area contributed by atoms with Crippen molar-refractivity contribution in [2.75, 3.05) is 39.1 Å². The van der Waals surface area contributed by atoms with Crippen LogP contribution in [-0.2, 0) is 11.3 Å². The number of likely N-dealkylation sites (tertiary alicyclic amines) is 1. The van der Waals surface area contributed by atoms with Gasteiger partial charge >= 0.3 is 0 Å². The zero-order valence-electron chi connectivity index (χ0n) is 14.5. The summed E-state index contributed by atoms with van der Waals surface area (Å²) in [6.45, 7) is 4.38. The zero-order chi connectivity index (χ0) is 17.6. The van der Waals surface area contributed by atoms with Crippen molar-refractivity contribution in [3.05, 3.63) is 33.6 Å². The molecular formula is C18H24ClN3O2S. The van der Waals surface area contributed by atoms with Gasteiger partial charge in [0.15, 0.2) is 5.16 Å². The highest BCUT2D eigenvalue weighted by atomic mass is 35.5. The van der Waals surface area contributed by atoms with E-state index in [1.165, 1.54) is 32.4 Å². The molecule has 0 saturated carbocycles. The monoisotopic (exact) mass is 381 g/mol. The summed E-state index contributed by atoms with van der Waals surface area (Å²) in [6.07, 6.45) is 3.92. The Kier molecular flexibility index (Phi) is 6.76. The number of halogens is 1. The predicted octanol–water partition coefficient (Wildman–Crippen LogP) is 3.27. The number of methoxy groups -OCH3 is 1. The lowest BCUT2D eigenvalue weighted by Gasteiger charge is -2.26. The van der Waals surface area contributed by atoms with E-state index in [-0.39, 0.29) is 5.56 Å². The maximum Gasteiger partial charge on any atom is 0.262 e. The van der Waals surface area contributed by atoms with E-state index >= 15 is 0 Å². The fraction of sp³-hybridized carbons (Fsp3) is 0.556. The number of aromatic nitrogens is 2. The van der Waals surface area contributed by atoms with E-state index in [1.54, 1.807) is 41.6 Å². The minimum Gasteiger partial charge on any atom is -0.383 e. The van der Waals surface area contributed by atoms with Crippen molar-refractivity contribution < 1.29 is 4.74 Å². The Morgan fingerprint density at radius 1 is 1.24 bits per heavy atom. The molecule has 0 spiro atoms. The van der Waals surface area contributed by atoms with Crippen molar-refractivity contribution in [1.29, 1.82) is 0 Å². The first-order valence-corrected chi connectivity index (χ1v) is 10.1. The third-order valence-electron chi connectivity index (χ3n) is 4.49. The second-order valence-corrected chi connectivity index (χ2v) is 7.75. The third-order valence-corrected chi connectivity index (χ3v) is 5.68. The maximum absolute atomic E-state index is 12.8. The average molecular weight is 382 g/mol. The van der Waals surface area contributed by atoms with E-state index in [0.29, 0.717) is 29.1 Å². The first-order valence-electron chi connectivity index (χ1n) is 8.73. The lowest BCUT2D eigenvalue weighted by Crippen LogP contribution is -2.32. The highest BCUT2D eigenvalue weighted by Gasteiger charge is 2.14. The quantitative estimate of drug-likeness (QED) is 0.544. The van der Waals surface area contributed by atoms with E-state index in [1.807, 2.05) is 0 Å². The van der Waals surface area contributed by atoms with Crippen LogP contribution in [0.4, 0.5) is 0 Å². The topological polar surface area (TPSA) is 47.4 Å². The molecule has 1 saturated heterocycles. The second kappa shape index (κ2) is 9.03. The maximum atomic E-state index is 12.8. The molecule has 0 amide bonds. The van der Waals surface area contributed by atoms with E-state index in [0.717, 1.165) is 17.5 Å². The standard InChI is InChI=1S/C18H24ClN3O2S/c1-24-11-9-22-17(23)15-6-5-14(19)13-16(15)20-18(22)25-12-10-21-7-3-2-4-8-21/h5-6,13H,2-4,7-12H2,1H3. The van der Waals surface area contributed by atoms with Crippen molar-refractivity contribution in [2.45, 2.75) is 31.0 Å². The molecule has 3 rings (SSSR count). The van der Waals surface area contributed by atoms with Crippen LogP contribution < -0.4 is 5.56 Å². The van der Waals surface area contributed by atoms with Gasteiger partial charge in [-0.05, 0) is 44.1 Å². The molecule has 0 atom stereocenters. The summed E-state index contributed by atoms with van der Waals surface area (Å²) in [7, 11) is 1.64. The Morgan fingerprint density at radius 3 is 2.80 bits per heavy atom. The molecule has 2 heterocycles. The van der Waals surface area contributed by atoms with Crippen LogP contribution in [0.1, 0.15) is 19.3 Å². The van der Waals surface area contributed by atoms with Crippen LogP contribution >= 0.6 is 23.4 Å². The molecule has 0 radical (unpaired) electrons. The third kappa shape index (κ3) is 4.76. The SMILES string of the molecule is COCCn1c(SCCN2CCCCC2)nc2cc(Cl)ccc2c1=O. The molecule has 0 unspecified atom stereocenters.